The molecule has 0 saturated carbocycles. The number of aliphatic hydroxyl groups excluding tert-OH is 1. The molecule has 96 valence electrons. The van der Waals surface area contributed by atoms with Crippen LogP contribution in [-0.4, -0.2) is 31.0 Å². The highest BCUT2D eigenvalue weighted by Gasteiger charge is 2.38. The lowest BCUT2D eigenvalue weighted by Crippen LogP contribution is -2.34. The Morgan fingerprint density at radius 2 is 2.12 bits per heavy atom. The van der Waals surface area contributed by atoms with Gasteiger partial charge in [-0.1, -0.05) is 12.1 Å². The Morgan fingerprint density at radius 3 is 2.71 bits per heavy atom. The molecular weight excluding hydrogens is 235 g/mol. The Bertz CT molecular complexity index is 355. The summed E-state index contributed by atoms with van der Waals surface area (Å²) < 4.78 is 40.9. The summed E-state index contributed by atoms with van der Waals surface area (Å²) in [5.41, 5.74) is 0.895. The zero-order chi connectivity index (χ0) is 12.9. The zero-order valence-corrected chi connectivity index (χ0v) is 9.29. The molecule has 0 bridgehead atoms. The molecule has 0 aliphatic heterocycles. The molecule has 2 N–H and O–H groups in total. The Balaban J connectivity index is 2.54. The van der Waals surface area contributed by atoms with E-state index in [-0.39, 0.29) is 0 Å². The lowest BCUT2D eigenvalue weighted by molar-refractivity contribution is -0.210. The van der Waals surface area contributed by atoms with Gasteiger partial charge in [-0.15, -0.1) is 0 Å². The molecule has 1 unspecified atom stereocenters. The quantitative estimate of drug-likeness (QED) is 0.834. The van der Waals surface area contributed by atoms with E-state index in [1.54, 1.807) is 25.2 Å². The van der Waals surface area contributed by atoms with E-state index < -0.39 is 18.9 Å². The van der Waals surface area contributed by atoms with Crippen molar-refractivity contribution in [2.75, 3.05) is 13.7 Å². The summed E-state index contributed by atoms with van der Waals surface area (Å²) in [7, 11) is 1.76. The van der Waals surface area contributed by atoms with Gasteiger partial charge in [0.25, 0.3) is 0 Å². The minimum Gasteiger partial charge on any atom is -0.491 e. The summed E-state index contributed by atoms with van der Waals surface area (Å²) in [6.45, 7) is -0.203. The summed E-state index contributed by atoms with van der Waals surface area (Å²) in [5.74, 6) is 0.307. The average molecular weight is 249 g/mol. The summed E-state index contributed by atoms with van der Waals surface area (Å²) in [5, 5.41) is 11.7. The van der Waals surface area contributed by atoms with Crippen LogP contribution in [0.2, 0.25) is 0 Å². The maximum Gasteiger partial charge on any atom is 0.417 e. The Hall–Kier alpha value is -1.27. The summed E-state index contributed by atoms with van der Waals surface area (Å²) in [6.07, 6.45) is -7.11. The minimum absolute atomic E-state index is 0.307. The maximum absolute atomic E-state index is 12.0. The average Bonchev–Trinajstić information content (AvgIpc) is 2.25. The normalized spacial score (nSPS) is 13.5. The highest BCUT2D eigenvalue weighted by molar-refractivity contribution is 5.28. The van der Waals surface area contributed by atoms with Crippen molar-refractivity contribution in [2.45, 2.75) is 18.8 Å². The van der Waals surface area contributed by atoms with Gasteiger partial charge in [0.15, 0.2) is 6.10 Å². The Kier molecular flexibility index (Phi) is 4.77. The second kappa shape index (κ2) is 5.88. The van der Waals surface area contributed by atoms with Crippen LogP contribution >= 0.6 is 0 Å². The number of aliphatic hydroxyl groups is 1. The third kappa shape index (κ3) is 4.62. The highest BCUT2D eigenvalue weighted by Crippen LogP contribution is 2.21. The topological polar surface area (TPSA) is 41.5 Å². The largest absolute Gasteiger partial charge is 0.491 e. The molecule has 0 aliphatic carbocycles. The highest BCUT2D eigenvalue weighted by atomic mass is 19.4. The zero-order valence-electron chi connectivity index (χ0n) is 9.29. The predicted molar refractivity (Wildman–Crippen MR) is 56.8 cm³/mol. The molecular formula is C11H14F3NO2. The molecule has 0 saturated heterocycles. The van der Waals surface area contributed by atoms with Crippen LogP contribution in [0.15, 0.2) is 24.3 Å². The molecule has 0 aromatic heterocycles. The molecule has 3 nitrogen and oxygen atoms in total. The van der Waals surface area contributed by atoms with Crippen LogP contribution in [0.25, 0.3) is 0 Å². The van der Waals surface area contributed by atoms with Gasteiger partial charge in [-0.05, 0) is 24.7 Å². The number of rotatable bonds is 5. The van der Waals surface area contributed by atoms with Crippen LogP contribution in [0.5, 0.6) is 5.75 Å². The van der Waals surface area contributed by atoms with Crippen molar-refractivity contribution in [1.29, 1.82) is 0 Å². The standard InChI is InChI=1S/C11H14F3NO2/c1-15-6-8-3-2-4-9(5-8)17-7-10(16)11(12,13)14/h2-5,10,15-16H,6-7H2,1H3. The van der Waals surface area contributed by atoms with Crippen molar-refractivity contribution >= 4 is 0 Å². The fourth-order valence-corrected chi connectivity index (χ4v) is 1.22. The molecule has 0 heterocycles. The van der Waals surface area contributed by atoms with Crippen LogP contribution in [-0.2, 0) is 6.54 Å². The molecule has 0 radical (unpaired) electrons. The van der Waals surface area contributed by atoms with Crippen molar-refractivity contribution in [1.82, 2.24) is 5.32 Å². The van der Waals surface area contributed by atoms with Crippen LogP contribution < -0.4 is 10.1 Å². The maximum atomic E-state index is 12.0. The van der Waals surface area contributed by atoms with Gasteiger partial charge < -0.3 is 15.2 Å². The van der Waals surface area contributed by atoms with Crippen LogP contribution in [0.4, 0.5) is 13.2 Å². The van der Waals surface area contributed by atoms with Crippen molar-refractivity contribution in [3.8, 4) is 5.75 Å². The summed E-state index contributed by atoms with van der Waals surface area (Å²) >= 11 is 0. The summed E-state index contributed by atoms with van der Waals surface area (Å²) in [4.78, 5) is 0. The van der Waals surface area contributed by atoms with Crippen LogP contribution in [0, 0.1) is 0 Å². The molecule has 1 rings (SSSR count). The van der Waals surface area contributed by atoms with Crippen molar-refractivity contribution in [3.05, 3.63) is 29.8 Å². The second-order valence-electron chi connectivity index (χ2n) is 3.55. The molecule has 0 aliphatic rings. The van der Waals surface area contributed by atoms with E-state index in [1.807, 2.05) is 6.07 Å². The fraction of sp³-hybridized carbons (Fsp3) is 0.455. The van der Waals surface area contributed by atoms with E-state index in [4.69, 9.17) is 9.84 Å². The first-order valence-corrected chi connectivity index (χ1v) is 5.04. The summed E-state index contributed by atoms with van der Waals surface area (Å²) in [6, 6.07) is 6.67. The predicted octanol–water partition coefficient (Wildman–Crippen LogP) is 1.71. The third-order valence-corrected chi connectivity index (χ3v) is 2.07. The first-order chi connectivity index (χ1) is 7.93. The lowest BCUT2D eigenvalue weighted by Gasteiger charge is -2.15. The van der Waals surface area contributed by atoms with E-state index in [0.29, 0.717) is 12.3 Å². The monoisotopic (exact) mass is 249 g/mol. The number of halogens is 3. The van der Waals surface area contributed by atoms with Gasteiger partial charge in [-0.25, -0.2) is 0 Å². The minimum atomic E-state index is -4.65. The number of alkyl halides is 3. The van der Waals surface area contributed by atoms with E-state index in [9.17, 15) is 13.2 Å². The van der Waals surface area contributed by atoms with E-state index in [0.717, 1.165) is 5.56 Å². The molecule has 1 atom stereocenters. The molecule has 6 heteroatoms. The number of benzene rings is 1. The van der Waals surface area contributed by atoms with Crippen molar-refractivity contribution < 1.29 is 23.0 Å². The van der Waals surface area contributed by atoms with Gasteiger partial charge in [0.1, 0.15) is 12.4 Å². The number of hydrogen-bond acceptors (Lipinski definition) is 3. The van der Waals surface area contributed by atoms with Gasteiger partial charge in [0.05, 0.1) is 0 Å². The van der Waals surface area contributed by atoms with Gasteiger partial charge in [-0.3, -0.25) is 0 Å². The first kappa shape index (κ1) is 13.8. The first-order valence-electron chi connectivity index (χ1n) is 5.04. The van der Waals surface area contributed by atoms with Gasteiger partial charge in [0.2, 0.25) is 0 Å². The van der Waals surface area contributed by atoms with Crippen LogP contribution in [0.1, 0.15) is 5.56 Å². The van der Waals surface area contributed by atoms with Crippen molar-refractivity contribution in [2.24, 2.45) is 0 Å². The molecule has 0 fully saturated rings. The molecule has 1 aromatic carbocycles. The third-order valence-electron chi connectivity index (χ3n) is 2.07. The van der Waals surface area contributed by atoms with Crippen LogP contribution in [0.3, 0.4) is 0 Å². The van der Waals surface area contributed by atoms with Gasteiger partial charge in [-0.2, -0.15) is 13.2 Å². The van der Waals surface area contributed by atoms with Gasteiger partial charge in [0, 0.05) is 6.54 Å². The molecule has 17 heavy (non-hydrogen) atoms. The fourth-order valence-electron chi connectivity index (χ4n) is 1.22. The molecule has 0 amide bonds. The smallest absolute Gasteiger partial charge is 0.417 e. The van der Waals surface area contributed by atoms with E-state index >= 15 is 0 Å². The lowest BCUT2D eigenvalue weighted by atomic mass is 10.2. The number of nitrogens with one attached hydrogen (secondary N) is 1. The number of hydrogen-bond donors (Lipinski definition) is 2. The molecule has 1 aromatic rings. The second-order valence-corrected chi connectivity index (χ2v) is 3.55. The molecule has 0 spiro atoms. The number of ether oxygens (including phenoxy) is 1. The Morgan fingerprint density at radius 1 is 1.41 bits per heavy atom. The Labute approximate surface area is 97.2 Å². The van der Waals surface area contributed by atoms with E-state index in [1.165, 1.54) is 0 Å². The van der Waals surface area contributed by atoms with E-state index in [2.05, 4.69) is 5.32 Å². The van der Waals surface area contributed by atoms with Crippen molar-refractivity contribution in [3.63, 3.8) is 0 Å². The SMILES string of the molecule is CNCc1cccc(OCC(O)C(F)(F)F)c1. The van der Waals surface area contributed by atoms with Gasteiger partial charge >= 0.3 is 6.18 Å².